The van der Waals surface area contributed by atoms with E-state index in [-0.39, 0.29) is 18.0 Å². The number of urea groups is 1. The second kappa shape index (κ2) is 8.53. The molecular weight excluding hydrogens is 382 g/mol. The summed E-state index contributed by atoms with van der Waals surface area (Å²) in [6.45, 7) is 7.46. The number of rotatable bonds is 4. The Bertz CT molecular complexity index is 921. The van der Waals surface area contributed by atoms with E-state index in [4.69, 9.17) is 4.74 Å². The minimum Gasteiger partial charge on any atom is -0.462 e. The average Bonchev–Trinajstić information content (AvgIpc) is 3.44. The molecule has 1 N–H and O–H groups in total. The molecule has 0 unspecified atom stereocenters. The predicted molar refractivity (Wildman–Crippen MR) is 116 cm³/mol. The number of ether oxygens (including phenoxy) is 1. The van der Waals surface area contributed by atoms with Crippen LogP contribution in [0, 0.1) is 5.92 Å². The fraction of sp³-hybridized carbons (Fsp3) is 0.591. The lowest BCUT2D eigenvalue weighted by Crippen LogP contribution is -2.55. The number of aromatic nitrogens is 2. The molecule has 2 aromatic rings. The summed E-state index contributed by atoms with van der Waals surface area (Å²) < 4.78 is 5.30. The third kappa shape index (κ3) is 3.70. The highest BCUT2D eigenvalue weighted by molar-refractivity contribution is 6.04. The number of anilines is 1. The molecule has 2 atom stereocenters. The molecule has 2 amide bonds. The highest BCUT2D eigenvalue weighted by Gasteiger charge is 2.35. The molecule has 162 valence electrons. The van der Waals surface area contributed by atoms with Crippen molar-refractivity contribution in [2.45, 2.75) is 39.2 Å². The number of piperidine rings is 1. The maximum absolute atomic E-state index is 13.0. The van der Waals surface area contributed by atoms with E-state index in [1.165, 1.54) is 0 Å². The van der Waals surface area contributed by atoms with Gasteiger partial charge in [0.1, 0.15) is 11.2 Å². The first-order chi connectivity index (χ1) is 14.5. The van der Waals surface area contributed by atoms with Crippen LogP contribution >= 0.6 is 0 Å². The van der Waals surface area contributed by atoms with Crippen LogP contribution in [0.15, 0.2) is 18.5 Å². The van der Waals surface area contributed by atoms with Crippen LogP contribution in [0.5, 0.6) is 0 Å². The Morgan fingerprint density at radius 2 is 2.03 bits per heavy atom. The quantitative estimate of drug-likeness (QED) is 0.779. The van der Waals surface area contributed by atoms with Gasteiger partial charge in [-0.1, -0.05) is 6.92 Å². The van der Waals surface area contributed by atoms with Gasteiger partial charge in [-0.05, 0) is 38.2 Å². The lowest BCUT2D eigenvalue weighted by atomic mass is 9.91. The third-order valence-electron chi connectivity index (χ3n) is 6.47. The van der Waals surface area contributed by atoms with Crippen LogP contribution in [0.2, 0.25) is 0 Å². The molecular formula is C22H31N5O3. The summed E-state index contributed by atoms with van der Waals surface area (Å²) in [5.41, 5.74) is 2.01. The molecule has 2 fully saturated rings. The number of carbonyl (C=O) groups excluding carboxylic acids is 2. The first-order valence-corrected chi connectivity index (χ1v) is 10.9. The molecule has 2 aliphatic heterocycles. The molecule has 8 nitrogen and oxygen atoms in total. The lowest BCUT2D eigenvalue weighted by Gasteiger charge is -2.43. The molecule has 8 heteroatoms. The average molecular weight is 414 g/mol. The SMILES string of the molecule is CCOC(=O)c1cnc2[nH]ccc2c1N(C)[C@H]1CN(C(=O)N2CCCC2)CC[C@H]1C. The van der Waals surface area contributed by atoms with Gasteiger partial charge in [-0.15, -0.1) is 0 Å². The second-order valence-corrected chi connectivity index (χ2v) is 8.35. The van der Waals surface area contributed by atoms with Crippen LogP contribution in [0.1, 0.15) is 43.5 Å². The number of pyridine rings is 1. The fourth-order valence-corrected chi connectivity index (χ4v) is 4.73. The Morgan fingerprint density at radius 3 is 2.77 bits per heavy atom. The lowest BCUT2D eigenvalue weighted by molar-refractivity contribution is 0.0526. The number of hydrogen-bond acceptors (Lipinski definition) is 5. The van der Waals surface area contributed by atoms with Crippen LogP contribution in [-0.2, 0) is 4.74 Å². The van der Waals surface area contributed by atoms with Crippen molar-refractivity contribution in [3.05, 3.63) is 24.0 Å². The van der Waals surface area contributed by atoms with Gasteiger partial charge in [0.15, 0.2) is 0 Å². The summed E-state index contributed by atoms with van der Waals surface area (Å²) in [7, 11) is 2.01. The van der Waals surface area contributed by atoms with Crippen LogP contribution in [0.25, 0.3) is 11.0 Å². The number of aromatic amines is 1. The van der Waals surface area contributed by atoms with Crippen molar-refractivity contribution in [1.82, 2.24) is 19.8 Å². The van der Waals surface area contributed by atoms with Crippen molar-refractivity contribution >= 4 is 28.7 Å². The van der Waals surface area contributed by atoms with Gasteiger partial charge in [-0.25, -0.2) is 14.6 Å². The zero-order valence-corrected chi connectivity index (χ0v) is 18.1. The van der Waals surface area contributed by atoms with E-state index in [2.05, 4.69) is 21.8 Å². The summed E-state index contributed by atoms with van der Waals surface area (Å²) in [4.78, 5) is 39.3. The number of esters is 1. The number of H-pyrrole nitrogens is 1. The molecule has 2 aliphatic rings. The number of nitrogens with zero attached hydrogens (tertiary/aromatic N) is 4. The van der Waals surface area contributed by atoms with Gasteiger partial charge in [0.25, 0.3) is 0 Å². The summed E-state index contributed by atoms with van der Waals surface area (Å²) in [6.07, 6.45) is 6.53. The van der Waals surface area contributed by atoms with Crippen molar-refractivity contribution in [2.75, 3.05) is 44.7 Å². The molecule has 0 radical (unpaired) electrons. The minimum atomic E-state index is -0.372. The molecule has 0 aliphatic carbocycles. The van der Waals surface area contributed by atoms with E-state index < -0.39 is 0 Å². The van der Waals surface area contributed by atoms with Gasteiger partial charge >= 0.3 is 12.0 Å². The number of likely N-dealkylation sites (tertiary alicyclic amines) is 2. The third-order valence-corrected chi connectivity index (χ3v) is 6.47. The molecule has 30 heavy (non-hydrogen) atoms. The Morgan fingerprint density at radius 1 is 1.27 bits per heavy atom. The molecule has 0 spiro atoms. The van der Waals surface area contributed by atoms with E-state index >= 15 is 0 Å². The van der Waals surface area contributed by atoms with Crippen molar-refractivity contribution in [1.29, 1.82) is 0 Å². The molecule has 0 saturated carbocycles. The van der Waals surface area contributed by atoms with Crippen molar-refractivity contribution in [3.63, 3.8) is 0 Å². The van der Waals surface area contributed by atoms with E-state index in [0.29, 0.717) is 24.6 Å². The number of hydrogen-bond donors (Lipinski definition) is 1. The van der Waals surface area contributed by atoms with E-state index in [1.54, 1.807) is 13.1 Å². The minimum absolute atomic E-state index is 0.0963. The summed E-state index contributed by atoms with van der Waals surface area (Å²) in [5, 5.41) is 0.887. The van der Waals surface area contributed by atoms with E-state index in [9.17, 15) is 9.59 Å². The number of likely N-dealkylation sites (N-methyl/N-ethyl adjacent to an activating group) is 1. The highest BCUT2D eigenvalue weighted by Crippen LogP contribution is 2.34. The van der Waals surface area contributed by atoms with Crippen molar-refractivity contribution in [2.24, 2.45) is 5.92 Å². The summed E-state index contributed by atoms with van der Waals surface area (Å²) >= 11 is 0. The molecule has 0 aromatic carbocycles. The number of nitrogens with one attached hydrogen (secondary N) is 1. The van der Waals surface area contributed by atoms with Gasteiger partial charge in [-0.3, -0.25) is 0 Å². The zero-order valence-electron chi connectivity index (χ0n) is 18.1. The molecule has 4 heterocycles. The Kier molecular flexibility index (Phi) is 5.83. The van der Waals surface area contributed by atoms with E-state index in [0.717, 1.165) is 55.6 Å². The van der Waals surface area contributed by atoms with Gasteiger partial charge in [0.2, 0.25) is 0 Å². The highest BCUT2D eigenvalue weighted by atomic mass is 16.5. The zero-order chi connectivity index (χ0) is 21.3. The topological polar surface area (TPSA) is 81.8 Å². The monoisotopic (exact) mass is 413 g/mol. The Hall–Kier alpha value is -2.77. The van der Waals surface area contributed by atoms with Crippen LogP contribution in [0.4, 0.5) is 10.5 Å². The smallest absolute Gasteiger partial charge is 0.341 e. The van der Waals surface area contributed by atoms with Crippen LogP contribution < -0.4 is 4.90 Å². The predicted octanol–water partition coefficient (Wildman–Crippen LogP) is 3.10. The molecule has 0 bridgehead atoms. The Balaban J connectivity index is 1.65. The number of amides is 2. The van der Waals surface area contributed by atoms with Crippen LogP contribution in [0.3, 0.4) is 0 Å². The van der Waals surface area contributed by atoms with Gasteiger partial charge < -0.3 is 24.4 Å². The first kappa shape index (κ1) is 20.5. The number of fused-ring (bicyclic) bond motifs is 1. The summed E-state index contributed by atoms with van der Waals surface area (Å²) in [5.74, 6) is 0.0123. The maximum atomic E-state index is 13.0. The van der Waals surface area contributed by atoms with Crippen LogP contribution in [-0.4, -0.2) is 77.6 Å². The first-order valence-electron chi connectivity index (χ1n) is 10.9. The Labute approximate surface area is 177 Å². The largest absolute Gasteiger partial charge is 0.462 e. The van der Waals surface area contributed by atoms with E-state index in [1.807, 2.05) is 29.1 Å². The summed E-state index contributed by atoms with van der Waals surface area (Å²) in [6, 6.07) is 2.18. The van der Waals surface area contributed by atoms with Crippen molar-refractivity contribution in [3.8, 4) is 0 Å². The fourth-order valence-electron chi connectivity index (χ4n) is 4.73. The van der Waals surface area contributed by atoms with Gasteiger partial charge in [-0.2, -0.15) is 0 Å². The van der Waals surface area contributed by atoms with Crippen molar-refractivity contribution < 1.29 is 14.3 Å². The van der Waals surface area contributed by atoms with Gasteiger partial charge in [0.05, 0.1) is 12.3 Å². The second-order valence-electron chi connectivity index (χ2n) is 8.35. The normalized spacial score (nSPS) is 21.8. The van der Waals surface area contributed by atoms with Gasteiger partial charge in [0, 0.05) is 57.0 Å². The molecule has 2 saturated heterocycles. The molecule has 4 rings (SSSR count). The number of carbonyl (C=O) groups is 2. The molecule has 2 aromatic heterocycles. The maximum Gasteiger partial charge on any atom is 0.341 e. The standard InChI is InChI=1S/C22H31N5O3/c1-4-30-21(28)17-13-24-20-16(7-9-23-20)19(17)25(3)18-14-27(12-8-15(18)2)22(29)26-10-5-6-11-26/h7,9,13,15,18H,4-6,8,10-12,14H2,1-3H3,(H,23,24)/t15-,18+/m1/s1.